The first-order valence-electron chi connectivity index (χ1n) is 12.2. The Labute approximate surface area is 196 Å². The second kappa shape index (κ2) is 10.4. The quantitative estimate of drug-likeness (QED) is 0.651. The Morgan fingerprint density at radius 3 is 2.06 bits per heavy atom. The summed E-state index contributed by atoms with van der Waals surface area (Å²) >= 11 is 0. The van der Waals surface area contributed by atoms with Crippen LogP contribution >= 0.6 is 0 Å². The van der Waals surface area contributed by atoms with E-state index < -0.39 is 10.0 Å². The summed E-state index contributed by atoms with van der Waals surface area (Å²) in [4.78, 5) is 29.9. The van der Waals surface area contributed by atoms with Gasteiger partial charge in [0.2, 0.25) is 15.9 Å². The summed E-state index contributed by atoms with van der Waals surface area (Å²) in [5.41, 5.74) is 0.262. The van der Waals surface area contributed by atoms with Gasteiger partial charge < -0.3 is 14.5 Å². The predicted octanol–water partition coefficient (Wildman–Crippen LogP) is 2.73. The van der Waals surface area contributed by atoms with Crippen LogP contribution < -0.4 is 4.74 Å². The number of carbonyl (C=O) groups is 2. The number of nitrogens with zero attached hydrogens (tertiary/aromatic N) is 3. The highest BCUT2D eigenvalue weighted by Crippen LogP contribution is 2.29. The average Bonchev–Trinajstić information content (AvgIpc) is 3.24. The highest BCUT2D eigenvalue weighted by atomic mass is 32.2. The zero-order chi connectivity index (χ0) is 23.4. The standard InChI is InChI=1S/C24H35N3O5S/c1-32-22-9-8-20(33(30,31)27-14-4-2-3-5-15-27)18-21(22)24(29)26-16-10-19(11-17-26)23(28)25-12-6-7-13-25/h8-9,18-19H,2-7,10-17H2,1H3. The van der Waals surface area contributed by atoms with Gasteiger partial charge in [0.1, 0.15) is 5.75 Å². The predicted molar refractivity (Wildman–Crippen MR) is 125 cm³/mol. The zero-order valence-electron chi connectivity index (χ0n) is 19.5. The zero-order valence-corrected chi connectivity index (χ0v) is 20.3. The van der Waals surface area contributed by atoms with Gasteiger partial charge >= 0.3 is 0 Å². The Morgan fingerprint density at radius 2 is 1.45 bits per heavy atom. The first-order valence-corrected chi connectivity index (χ1v) is 13.6. The number of sulfonamides is 1. The van der Waals surface area contributed by atoms with Crippen molar-refractivity contribution < 1.29 is 22.7 Å². The van der Waals surface area contributed by atoms with Crippen molar-refractivity contribution >= 4 is 21.8 Å². The van der Waals surface area contributed by atoms with Gasteiger partial charge in [-0.15, -0.1) is 0 Å². The Kier molecular flexibility index (Phi) is 7.58. The van der Waals surface area contributed by atoms with Gasteiger partial charge in [-0.25, -0.2) is 8.42 Å². The van der Waals surface area contributed by atoms with Crippen LogP contribution in [0.15, 0.2) is 23.1 Å². The Balaban J connectivity index is 1.48. The van der Waals surface area contributed by atoms with Crippen molar-refractivity contribution in [3.8, 4) is 5.75 Å². The first kappa shape index (κ1) is 24.0. The number of rotatable bonds is 5. The molecule has 0 spiro atoms. The molecule has 0 bridgehead atoms. The Morgan fingerprint density at radius 1 is 0.848 bits per heavy atom. The lowest BCUT2D eigenvalue weighted by Gasteiger charge is -2.33. The van der Waals surface area contributed by atoms with E-state index in [1.54, 1.807) is 11.0 Å². The summed E-state index contributed by atoms with van der Waals surface area (Å²) in [7, 11) is -2.19. The number of methoxy groups -OCH3 is 1. The minimum atomic E-state index is -3.67. The van der Waals surface area contributed by atoms with Gasteiger partial charge in [-0.3, -0.25) is 9.59 Å². The molecule has 0 aromatic heterocycles. The number of benzene rings is 1. The minimum Gasteiger partial charge on any atom is -0.496 e. The molecule has 3 aliphatic rings. The molecule has 3 fully saturated rings. The maximum absolute atomic E-state index is 13.4. The van der Waals surface area contributed by atoms with E-state index in [4.69, 9.17) is 4.74 Å². The van der Waals surface area contributed by atoms with Gasteiger partial charge in [0.05, 0.1) is 17.6 Å². The van der Waals surface area contributed by atoms with E-state index in [-0.39, 0.29) is 28.2 Å². The summed E-state index contributed by atoms with van der Waals surface area (Å²) in [6.07, 6.45) is 7.19. The average molecular weight is 478 g/mol. The summed E-state index contributed by atoms with van der Waals surface area (Å²) < 4.78 is 33.4. The van der Waals surface area contributed by atoms with Gasteiger partial charge in [0, 0.05) is 45.2 Å². The number of likely N-dealkylation sites (tertiary alicyclic amines) is 2. The first-order chi connectivity index (χ1) is 15.9. The molecule has 1 aromatic rings. The van der Waals surface area contributed by atoms with E-state index in [0.717, 1.165) is 51.6 Å². The summed E-state index contributed by atoms with van der Waals surface area (Å²) in [5.74, 6) is 0.295. The van der Waals surface area contributed by atoms with Crippen LogP contribution in [0.3, 0.4) is 0 Å². The largest absolute Gasteiger partial charge is 0.496 e. The van der Waals surface area contributed by atoms with Crippen molar-refractivity contribution in [3.05, 3.63) is 23.8 Å². The van der Waals surface area contributed by atoms with E-state index in [1.807, 2.05) is 4.90 Å². The summed E-state index contributed by atoms with van der Waals surface area (Å²) in [6, 6.07) is 4.56. The van der Waals surface area contributed by atoms with Crippen molar-refractivity contribution in [3.63, 3.8) is 0 Å². The third-order valence-corrected chi connectivity index (χ3v) is 9.05. The second-order valence-corrected chi connectivity index (χ2v) is 11.2. The molecule has 0 aliphatic carbocycles. The van der Waals surface area contributed by atoms with E-state index >= 15 is 0 Å². The lowest BCUT2D eigenvalue weighted by molar-refractivity contribution is -0.135. The molecule has 0 unspecified atom stereocenters. The molecular weight excluding hydrogens is 442 g/mol. The van der Waals surface area contributed by atoms with Crippen molar-refractivity contribution in [2.75, 3.05) is 46.4 Å². The van der Waals surface area contributed by atoms with Crippen LogP contribution in [0.1, 0.15) is 61.7 Å². The van der Waals surface area contributed by atoms with Gasteiger partial charge in [0.15, 0.2) is 0 Å². The monoisotopic (exact) mass is 477 g/mol. The molecule has 3 heterocycles. The molecule has 3 saturated heterocycles. The molecule has 2 amide bonds. The summed E-state index contributed by atoms with van der Waals surface area (Å²) in [6.45, 7) is 3.66. The number of carbonyl (C=O) groups excluding carboxylic acids is 2. The van der Waals surface area contributed by atoms with E-state index in [2.05, 4.69) is 0 Å². The highest BCUT2D eigenvalue weighted by molar-refractivity contribution is 7.89. The highest BCUT2D eigenvalue weighted by Gasteiger charge is 2.33. The van der Waals surface area contributed by atoms with E-state index in [1.165, 1.54) is 23.5 Å². The van der Waals surface area contributed by atoms with Crippen LogP contribution in [0, 0.1) is 5.92 Å². The van der Waals surface area contributed by atoms with Gasteiger partial charge in [-0.05, 0) is 56.7 Å². The van der Waals surface area contributed by atoms with Crippen LogP contribution in [0.4, 0.5) is 0 Å². The van der Waals surface area contributed by atoms with Gasteiger partial charge in [-0.1, -0.05) is 12.8 Å². The maximum atomic E-state index is 13.4. The normalized spacial score (nSPS) is 21.1. The Hall–Kier alpha value is -2.13. The van der Waals surface area contributed by atoms with Gasteiger partial charge in [0.25, 0.3) is 5.91 Å². The van der Waals surface area contributed by atoms with Gasteiger partial charge in [-0.2, -0.15) is 4.31 Å². The third kappa shape index (κ3) is 5.19. The molecule has 1 aromatic carbocycles. The topological polar surface area (TPSA) is 87.2 Å². The molecule has 3 aliphatic heterocycles. The maximum Gasteiger partial charge on any atom is 0.257 e. The van der Waals surface area contributed by atoms with Crippen molar-refractivity contribution in [2.45, 2.75) is 56.3 Å². The SMILES string of the molecule is COc1ccc(S(=O)(=O)N2CCCCCC2)cc1C(=O)N1CCC(C(=O)N2CCCC2)CC1. The molecule has 0 saturated carbocycles. The Bertz CT molecular complexity index is 958. The number of piperidine rings is 1. The second-order valence-electron chi connectivity index (χ2n) is 9.28. The molecule has 0 N–H and O–H groups in total. The minimum absolute atomic E-state index is 0.0382. The lowest BCUT2D eigenvalue weighted by atomic mass is 9.95. The fraction of sp³-hybridized carbons (Fsp3) is 0.667. The molecule has 182 valence electrons. The molecular formula is C24H35N3O5S. The van der Waals surface area contributed by atoms with Crippen molar-refractivity contribution in [1.29, 1.82) is 0 Å². The van der Waals surface area contributed by atoms with E-state index in [9.17, 15) is 18.0 Å². The molecule has 33 heavy (non-hydrogen) atoms. The third-order valence-electron chi connectivity index (χ3n) is 7.15. The van der Waals surface area contributed by atoms with Crippen molar-refractivity contribution in [2.24, 2.45) is 5.92 Å². The molecule has 8 nitrogen and oxygen atoms in total. The fourth-order valence-electron chi connectivity index (χ4n) is 5.14. The number of hydrogen-bond donors (Lipinski definition) is 0. The van der Waals surface area contributed by atoms with E-state index in [0.29, 0.717) is 44.8 Å². The van der Waals surface area contributed by atoms with Crippen molar-refractivity contribution in [1.82, 2.24) is 14.1 Å². The molecule has 9 heteroatoms. The van der Waals surface area contributed by atoms with Crippen LogP contribution in [-0.4, -0.2) is 80.7 Å². The number of hydrogen-bond acceptors (Lipinski definition) is 5. The smallest absolute Gasteiger partial charge is 0.257 e. The van der Waals surface area contributed by atoms with Crippen LogP contribution in [-0.2, 0) is 14.8 Å². The fourth-order valence-corrected chi connectivity index (χ4v) is 6.69. The lowest BCUT2D eigenvalue weighted by Crippen LogP contribution is -2.43. The van der Waals surface area contributed by atoms with Crippen LogP contribution in [0.2, 0.25) is 0 Å². The molecule has 0 atom stereocenters. The summed E-state index contributed by atoms with van der Waals surface area (Å²) in [5, 5.41) is 0. The number of ether oxygens (including phenoxy) is 1. The van der Waals surface area contributed by atoms with Crippen LogP contribution in [0.5, 0.6) is 5.75 Å². The molecule has 0 radical (unpaired) electrons. The van der Waals surface area contributed by atoms with Crippen LogP contribution in [0.25, 0.3) is 0 Å². The number of amides is 2. The molecule has 4 rings (SSSR count).